The summed E-state index contributed by atoms with van der Waals surface area (Å²) >= 11 is -1.39. The molecule has 0 radical (unpaired) electrons. The fourth-order valence-corrected chi connectivity index (χ4v) is 14.1. The molecule has 0 N–H and O–H groups in total. The predicted molar refractivity (Wildman–Crippen MR) is 70.1 cm³/mol. The molecule has 0 aliphatic carbocycles. The maximum absolute atomic E-state index is 3.91. The molecule has 3 saturated heterocycles. The Labute approximate surface area is 97.3 Å². The number of nitrogens with zero attached hydrogens (tertiary/aromatic N) is 1. The number of rotatable bonds is 3. The second kappa shape index (κ2) is 5.54. The van der Waals surface area contributed by atoms with Crippen LogP contribution in [0, 0.1) is 0 Å². The molecule has 3 aliphatic heterocycles. The number of fused-ring (bicyclic) bond motifs is 6. The van der Waals surface area contributed by atoms with Crippen LogP contribution >= 0.6 is 0 Å². The Hall–Kier alpha value is 0.243. The molecule has 86 valence electrons. The molecule has 0 aromatic heterocycles. The van der Waals surface area contributed by atoms with Crippen molar-refractivity contribution in [2.75, 3.05) is 19.6 Å². The second-order valence-electron chi connectivity index (χ2n) is 5.48. The molecule has 0 amide bonds. The number of hydrogen-bond acceptors (Lipinski definition) is 1. The van der Waals surface area contributed by atoms with Gasteiger partial charge in [0.1, 0.15) is 0 Å². The summed E-state index contributed by atoms with van der Waals surface area (Å²) in [7, 11) is 0. The average molecular weight is 268 g/mol. The summed E-state index contributed by atoms with van der Waals surface area (Å²) in [6.07, 6.45) is 8.00. The van der Waals surface area contributed by atoms with Crippen LogP contribution in [0.2, 0.25) is 21.0 Å². The van der Waals surface area contributed by atoms with Crippen molar-refractivity contribution in [3.63, 3.8) is 0 Å². The van der Waals surface area contributed by atoms with Gasteiger partial charge in [-0.1, -0.05) is 0 Å². The molecule has 2 bridgehead atoms. The molecular weight excluding hydrogens is 243 g/mol. The Morgan fingerprint density at radius 3 is 2.00 bits per heavy atom. The van der Waals surface area contributed by atoms with E-state index < -0.39 is 13.3 Å². The Bertz CT molecular complexity index is 188. The Morgan fingerprint density at radius 1 is 1.00 bits per heavy atom. The minimum absolute atomic E-state index is 1.31. The molecule has 0 saturated carbocycles. The molecule has 3 fully saturated rings. The first kappa shape index (κ1) is 11.7. The average Bonchev–Trinajstić information content (AvgIpc) is 2.14. The predicted octanol–water partition coefficient (Wildman–Crippen LogP) is 3.51. The van der Waals surface area contributed by atoms with Crippen LogP contribution in [0.15, 0.2) is 12.7 Å². The first-order chi connectivity index (χ1) is 7.35. The van der Waals surface area contributed by atoms with Crippen LogP contribution in [0.3, 0.4) is 0 Å². The quantitative estimate of drug-likeness (QED) is 0.559. The zero-order valence-electron chi connectivity index (χ0n) is 10.0. The van der Waals surface area contributed by atoms with Crippen molar-refractivity contribution < 1.29 is 0 Å². The molecule has 0 spiro atoms. The zero-order chi connectivity index (χ0) is 10.6. The molecule has 0 aromatic rings. The molecular formula is C13H25GeN. The molecule has 3 aliphatic rings. The van der Waals surface area contributed by atoms with E-state index in [4.69, 9.17) is 0 Å². The van der Waals surface area contributed by atoms with E-state index in [9.17, 15) is 0 Å². The van der Waals surface area contributed by atoms with Crippen molar-refractivity contribution in [3.8, 4) is 0 Å². The minimum atomic E-state index is -1.39. The Balaban J connectivity index is 2.01. The van der Waals surface area contributed by atoms with E-state index in [1.165, 1.54) is 45.3 Å². The van der Waals surface area contributed by atoms with Crippen LogP contribution in [0.1, 0.15) is 25.7 Å². The van der Waals surface area contributed by atoms with E-state index in [0.29, 0.717) is 0 Å². The normalized spacial score (nSPS) is 36.7. The summed E-state index contributed by atoms with van der Waals surface area (Å²) in [6.45, 7) is 8.12. The fourth-order valence-electron chi connectivity index (χ4n) is 3.53. The third-order valence-corrected chi connectivity index (χ3v) is 16.2. The van der Waals surface area contributed by atoms with E-state index >= 15 is 0 Å². The van der Waals surface area contributed by atoms with Gasteiger partial charge in [-0.3, -0.25) is 0 Å². The van der Waals surface area contributed by atoms with Crippen molar-refractivity contribution in [2.45, 2.75) is 46.7 Å². The van der Waals surface area contributed by atoms with Crippen LogP contribution in [-0.4, -0.2) is 37.8 Å². The van der Waals surface area contributed by atoms with Gasteiger partial charge in [-0.25, -0.2) is 0 Å². The first-order valence-corrected chi connectivity index (χ1v) is 12.6. The third-order valence-electron chi connectivity index (χ3n) is 4.42. The molecule has 0 atom stereocenters. The van der Waals surface area contributed by atoms with Crippen LogP contribution < -0.4 is 0 Å². The van der Waals surface area contributed by atoms with E-state index in [1.807, 2.05) is 0 Å². The van der Waals surface area contributed by atoms with Crippen LogP contribution in [-0.2, 0) is 0 Å². The molecule has 15 heavy (non-hydrogen) atoms. The first-order valence-electron chi connectivity index (χ1n) is 6.68. The van der Waals surface area contributed by atoms with Gasteiger partial charge in [-0.2, -0.15) is 0 Å². The van der Waals surface area contributed by atoms with Crippen molar-refractivity contribution in [1.82, 2.24) is 4.90 Å². The van der Waals surface area contributed by atoms with Gasteiger partial charge >= 0.3 is 97.2 Å². The molecule has 0 unspecified atom stereocenters. The Kier molecular flexibility index (Phi) is 4.32. The standard InChI is InChI=1S/C13H25GeN/c1-2-3-7-14-8-4-11-15(12-5-9-14)13-6-10-14/h2H,1,3-13H2. The Morgan fingerprint density at radius 2 is 1.53 bits per heavy atom. The van der Waals surface area contributed by atoms with Gasteiger partial charge in [0.2, 0.25) is 0 Å². The van der Waals surface area contributed by atoms with Crippen molar-refractivity contribution in [1.29, 1.82) is 0 Å². The van der Waals surface area contributed by atoms with Crippen molar-refractivity contribution >= 4 is 13.3 Å². The molecule has 1 nitrogen and oxygen atoms in total. The van der Waals surface area contributed by atoms with Crippen LogP contribution in [0.5, 0.6) is 0 Å². The number of allylic oxidation sites excluding steroid dienone is 1. The van der Waals surface area contributed by atoms with Crippen LogP contribution in [0.4, 0.5) is 0 Å². The summed E-state index contributed by atoms with van der Waals surface area (Å²) in [4.78, 5) is 2.71. The maximum atomic E-state index is 3.91. The van der Waals surface area contributed by atoms with E-state index in [2.05, 4.69) is 17.6 Å². The van der Waals surface area contributed by atoms with E-state index in [0.717, 1.165) is 0 Å². The van der Waals surface area contributed by atoms with Gasteiger partial charge in [-0.05, 0) is 0 Å². The number of hydrogen-bond donors (Lipinski definition) is 0. The van der Waals surface area contributed by atoms with Crippen LogP contribution in [0.25, 0.3) is 0 Å². The fraction of sp³-hybridized carbons (Fsp3) is 0.846. The van der Waals surface area contributed by atoms with Crippen molar-refractivity contribution in [3.05, 3.63) is 12.7 Å². The topological polar surface area (TPSA) is 3.24 Å². The van der Waals surface area contributed by atoms with Gasteiger partial charge in [0.25, 0.3) is 0 Å². The molecule has 2 heteroatoms. The summed E-state index contributed by atoms with van der Waals surface area (Å²) < 4.78 is 0. The van der Waals surface area contributed by atoms with Gasteiger partial charge in [-0.15, -0.1) is 0 Å². The van der Waals surface area contributed by atoms with Gasteiger partial charge in [0.15, 0.2) is 0 Å². The van der Waals surface area contributed by atoms with Gasteiger partial charge < -0.3 is 0 Å². The molecule has 3 rings (SSSR count). The van der Waals surface area contributed by atoms with Crippen molar-refractivity contribution in [2.24, 2.45) is 0 Å². The third kappa shape index (κ3) is 3.10. The summed E-state index contributed by atoms with van der Waals surface area (Å²) in [5.74, 6) is 0. The van der Waals surface area contributed by atoms with E-state index in [1.54, 1.807) is 21.0 Å². The van der Waals surface area contributed by atoms with E-state index in [-0.39, 0.29) is 0 Å². The summed E-state index contributed by atoms with van der Waals surface area (Å²) in [5, 5.41) is 6.56. The SMILES string of the molecule is C=CC[CH2][Ge]12[CH2]CCN(CC[CH2]1)CC[CH2]2. The second-order valence-corrected chi connectivity index (χ2v) is 16.0. The summed E-state index contributed by atoms with van der Waals surface area (Å²) in [5.41, 5.74) is 0. The summed E-state index contributed by atoms with van der Waals surface area (Å²) in [6, 6.07) is 0. The monoisotopic (exact) mass is 269 g/mol. The van der Waals surface area contributed by atoms with Gasteiger partial charge in [0.05, 0.1) is 0 Å². The van der Waals surface area contributed by atoms with Gasteiger partial charge in [0, 0.05) is 0 Å². The molecule has 3 heterocycles. The molecule has 0 aromatic carbocycles. The zero-order valence-corrected chi connectivity index (χ0v) is 12.1.